The lowest BCUT2D eigenvalue weighted by molar-refractivity contribution is 0.169. The standard InChI is InChI=1S/C23H27N3/c1-25-12-11-18-13-17(5-10-23(18)25)16-3-6-19(7-4-16)24-20-14-21-8-9-22(15-20)26(21)2/h3-7,10-13,20-22,24H,8-9,14-15H2,1-2H3/t20?,21-,22+. The highest BCUT2D eigenvalue weighted by Gasteiger charge is 2.38. The van der Waals surface area contributed by atoms with Gasteiger partial charge in [0.2, 0.25) is 0 Å². The van der Waals surface area contributed by atoms with Gasteiger partial charge in [-0.05, 0) is 74.2 Å². The van der Waals surface area contributed by atoms with E-state index in [1.54, 1.807) is 0 Å². The van der Waals surface area contributed by atoms with Gasteiger partial charge in [-0.25, -0.2) is 0 Å². The molecule has 3 atom stereocenters. The number of nitrogens with zero attached hydrogens (tertiary/aromatic N) is 2. The van der Waals surface area contributed by atoms with Gasteiger partial charge in [0.25, 0.3) is 0 Å². The van der Waals surface area contributed by atoms with E-state index in [0.29, 0.717) is 6.04 Å². The van der Waals surface area contributed by atoms with Crippen LogP contribution in [0.1, 0.15) is 25.7 Å². The predicted octanol–water partition coefficient (Wildman–Crippen LogP) is 4.88. The molecule has 2 aliphatic heterocycles. The summed E-state index contributed by atoms with van der Waals surface area (Å²) in [6, 6.07) is 20.1. The minimum Gasteiger partial charge on any atom is -0.382 e. The fourth-order valence-corrected chi connectivity index (χ4v) is 4.99. The normalized spacial score (nSPS) is 25.7. The zero-order chi connectivity index (χ0) is 17.7. The van der Waals surface area contributed by atoms with Crippen LogP contribution >= 0.6 is 0 Å². The van der Waals surface area contributed by atoms with Crippen LogP contribution in [-0.4, -0.2) is 34.6 Å². The number of hydrogen-bond acceptors (Lipinski definition) is 2. The van der Waals surface area contributed by atoms with Crippen molar-refractivity contribution in [3.05, 3.63) is 54.7 Å². The van der Waals surface area contributed by atoms with Crippen LogP contribution in [0.5, 0.6) is 0 Å². The van der Waals surface area contributed by atoms with Crippen LogP contribution in [0.25, 0.3) is 22.0 Å². The molecule has 0 aliphatic carbocycles. The molecule has 2 aromatic carbocycles. The average molecular weight is 345 g/mol. The molecular formula is C23H27N3. The Balaban J connectivity index is 1.32. The Hall–Kier alpha value is -2.26. The van der Waals surface area contributed by atoms with Crippen molar-refractivity contribution in [1.82, 2.24) is 9.47 Å². The molecule has 3 aromatic rings. The highest BCUT2D eigenvalue weighted by atomic mass is 15.2. The van der Waals surface area contributed by atoms with E-state index in [-0.39, 0.29) is 0 Å². The van der Waals surface area contributed by atoms with Crippen LogP contribution in [0.3, 0.4) is 0 Å². The predicted molar refractivity (Wildman–Crippen MR) is 110 cm³/mol. The Bertz CT molecular complexity index is 910. The second-order valence-corrected chi connectivity index (χ2v) is 8.14. The Morgan fingerprint density at radius 3 is 2.27 bits per heavy atom. The van der Waals surface area contributed by atoms with Crippen LogP contribution in [0, 0.1) is 0 Å². The van der Waals surface area contributed by atoms with E-state index in [9.17, 15) is 0 Å². The molecule has 2 saturated heterocycles. The molecule has 0 radical (unpaired) electrons. The Morgan fingerprint density at radius 1 is 0.846 bits per heavy atom. The Kier molecular flexibility index (Phi) is 3.79. The molecule has 3 nitrogen and oxygen atoms in total. The van der Waals surface area contributed by atoms with Crippen LogP contribution < -0.4 is 5.32 Å². The number of aromatic nitrogens is 1. The lowest BCUT2D eigenvalue weighted by Crippen LogP contribution is -2.44. The van der Waals surface area contributed by atoms with Crippen molar-refractivity contribution in [3.63, 3.8) is 0 Å². The number of anilines is 1. The maximum Gasteiger partial charge on any atom is 0.0478 e. The maximum absolute atomic E-state index is 3.78. The number of hydrogen-bond donors (Lipinski definition) is 1. The molecular weight excluding hydrogens is 318 g/mol. The van der Waals surface area contributed by atoms with Gasteiger partial charge in [-0.2, -0.15) is 0 Å². The van der Waals surface area contributed by atoms with E-state index >= 15 is 0 Å². The molecule has 0 amide bonds. The van der Waals surface area contributed by atoms with E-state index < -0.39 is 0 Å². The van der Waals surface area contributed by atoms with Crippen LogP contribution in [-0.2, 0) is 7.05 Å². The molecule has 3 heteroatoms. The van der Waals surface area contributed by atoms with Gasteiger partial charge < -0.3 is 14.8 Å². The number of nitrogens with one attached hydrogen (secondary N) is 1. The van der Waals surface area contributed by atoms with Crippen molar-refractivity contribution in [2.24, 2.45) is 7.05 Å². The summed E-state index contributed by atoms with van der Waals surface area (Å²) in [5.41, 5.74) is 5.10. The molecule has 0 saturated carbocycles. The van der Waals surface area contributed by atoms with E-state index in [0.717, 1.165) is 12.1 Å². The monoisotopic (exact) mass is 345 g/mol. The lowest BCUT2D eigenvalue weighted by atomic mass is 9.97. The third-order valence-electron chi connectivity index (χ3n) is 6.57. The topological polar surface area (TPSA) is 20.2 Å². The zero-order valence-corrected chi connectivity index (χ0v) is 15.7. The molecule has 134 valence electrons. The Labute approximate surface area is 155 Å². The van der Waals surface area contributed by atoms with E-state index in [1.165, 1.54) is 53.4 Å². The molecule has 5 rings (SSSR count). The van der Waals surface area contributed by atoms with Crippen molar-refractivity contribution in [1.29, 1.82) is 0 Å². The van der Waals surface area contributed by atoms with Crippen molar-refractivity contribution in [3.8, 4) is 11.1 Å². The van der Waals surface area contributed by atoms with E-state index in [1.807, 2.05) is 0 Å². The lowest BCUT2D eigenvalue weighted by Gasteiger charge is -2.37. The molecule has 0 spiro atoms. The first-order chi connectivity index (χ1) is 12.7. The largest absolute Gasteiger partial charge is 0.382 e. The summed E-state index contributed by atoms with van der Waals surface area (Å²) >= 11 is 0. The smallest absolute Gasteiger partial charge is 0.0478 e. The summed E-state index contributed by atoms with van der Waals surface area (Å²) in [6.07, 6.45) is 7.43. The number of rotatable bonds is 3. The van der Waals surface area contributed by atoms with Gasteiger partial charge in [-0.15, -0.1) is 0 Å². The molecule has 3 heterocycles. The number of piperidine rings is 1. The van der Waals surface area contributed by atoms with E-state index in [2.05, 4.69) is 83.6 Å². The SMILES string of the molecule is CN1[C@@H]2CC[C@H]1CC(Nc1ccc(-c3ccc4c(ccn4C)c3)cc1)C2. The minimum absolute atomic E-state index is 0.621. The van der Waals surface area contributed by atoms with Crippen molar-refractivity contribution < 1.29 is 0 Å². The summed E-state index contributed by atoms with van der Waals surface area (Å²) < 4.78 is 2.17. The minimum atomic E-state index is 0.621. The molecule has 2 fully saturated rings. The van der Waals surface area contributed by atoms with Gasteiger partial charge in [0.05, 0.1) is 0 Å². The van der Waals surface area contributed by atoms with Crippen molar-refractivity contribution in [2.45, 2.75) is 43.8 Å². The van der Waals surface area contributed by atoms with Crippen LogP contribution in [0.4, 0.5) is 5.69 Å². The number of aryl methyl sites for hydroxylation is 1. The quantitative estimate of drug-likeness (QED) is 0.730. The molecule has 2 bridgehead atoms. The van der Waals surface area contributed by atoms with Gasteiger partial charge in [0.1, 0.15) is 0 Å². The fraction of sp³-hybridized carbons (Fsp3) is 0.391. The molecule has 2 aliphatic rings. The van der Waals surface area contributed by atoms with E-state index in [4.69, 9.17) is 0 Å². The van der Waals surface area contributed by atoms with Crippen molar-refractivity contribution >= 4 is 16.6 Å². The third-order valence-corrected chi connectivity index (χ3v) is 6.57. The highest BCUT2D eigenvalue weighted by molar-refractivity contribution is 5.85. The molecule has 1 aromatic heterocycles. The number of benzene rings is 2. The van der Waals surface area contributed by atoms with Gasteiger partial charge in [-0.1, -0.05) is 18.2 Å². The second-order valence-electron chi connectivity index (χ2n) is 8.14. The fourth-order valence-electron chi connectivity index (χ4n) is 4.99. The zero-order valence-electron chi connectivity index (χ0n) is 15.7. The first kappa shape index (κ1) is 16.0. The molecule has 1 N–H and O–H groups in total. The molecule has 26 heavy (non-hydrogen) atoms. The summed E-state index contributed by atoms with van der Waals surface area (Å²) in [5.74, 6) is 0. The average Bonchev–Trinajstić information content (AvgIpc) is 3.10. The van der Waals surface area contributed by atoms with Gasteiger partial charge in [0, 0.05) is 48.0 Å². The van der Waals surface area contributed by atoms with Crippen LogP contribution in [0.2, 0.25) is 0 Å². The highest BCUT2D eigenvalue weighted by Crippen LogP contribution is 2.35. The first-order valence-corrected chi connectivity index (χ1v) is 9.81. The Morgan fingerprint density at radius 2 is 1.54 bits per heavy atom. The van der Waals surface area contributed by atoms with Gasteiger partial charge >= 0.3 is 0 Å². The van der Waals surface area contributed by atoms with Crippen molar-refractivity contribution in [2.75, 3.05) is 12.4 Å². The summed E-state index contributed by atoms with van der Waals surface area (Å²) in [4.78, 5) is 2.60. The first-order valence-electron chi connectivity index (χ1n) is 9.81. The van der Waals surface area contributed by atoms with Gasteiger partial charge in [-0.3, -0.25) is 0 Å². The molecule has 1 unspecified atom stereocenters. The third kappa shape index (κ3) is 2.71. The maximum atomic E-state index is 3.78. The van der Waals surface area contributed by atoms with Gasteiger partial charge in [0.15, 0.2) is 0 Å². The second kappa shape index (κ2) is 6.17. The van der Waals surface area contributed by atoms with Crippen LogP contribution in [0.15, 0.2) is 54.7 Å². The summed E-state index contributed by atoms with van der Waals surface area (Å²) in [6.45, 7) is 0. The summed E-state index contributed by atoms with van der Waals surface area (Å²) in [5, 5.41) is 5.08. The summed E-state index contributed by atoms with van der Waals surface area (Å²) in [7, 11) is 4.40. The number of fused-ring (bicyclic) bond motifs is 3.